The van der Waals surface area contributed by atoms with Gasteiger partial charge in [-0.15, -0.1) is 0 Å². The number of benzene rings is 2. The van der Waals surface area contributed by atoms with E-state index in [2.05, 4.69) is 24.3 Å². The van der Waals surface area contributed by atoms with Crippen molar-refractivity contribution in [1.29, 1.82) is 0 Å². The molecule has 3 heteroatoms. The second-order valence-electron chi connectivity index (χ2n) is 7.10. The summed E-state index contributed by atoms with van der Waals surface area (Å²) in [4.78, 5) is 24.9. The van der Waals surface area contributed by atoms with Crippen LogP contribution in [-0.2, 0) is 20.7 Å². The van der Waals surface area contributed by atoms with E-state index in [1.54, 1.807) is 0 Å². The Morgan fingerprint density at radius 1 is 1.07 bits per heavy atom. The fraction of sp³-hybridized carbons (Fsp3) is 0.333. The molecule has 1 fully saturated rings. The topological polar surface area (TPSA) is 43.4 Å². The molecule has 0 aliphatic heterocycles. The monoisotopic (exact) mass is 362 g/mol. The minimum atomic E-state index is -0.408. The molecular formula is C24H26O3. The molecule has 2 aromatic rings. The van der Waals surface area contributed by atoms with Crippen LogP contribution in [0.25, 0.3) is 12.2 Å². The van der Waals surface area contributed by atoms with E-state index < -0.39 is 5.92 Å². The van der Waals surface area contributed by atoms with Gasteiger partial charge in [0.05, 0.1) is 13.0 Å². The lowest BCUT2D eigenvalue weighted by atomic mass is 9.76. The van der Waals surface area contributed by atoms with E-state index in [1.165, 1.54) is 7.11 Å². The summed E-state index contributed by atoms with van der Waals surface area (Å²) in [5.74, 6) is -0.711. The predicted molar refractivity (Wildman–Crippen MR) is 108 cm³/mol. The lowest BCUT2D eigenvalue weighted by Crippen LogP contribution is -2.34. The largest absolute Gasteiger partial charge is 0.469 e. The van der Waals surface area contributed by atoms with E-state index in [9.17, 15) is 9.59 Å². The van der Waals surface area contributed by atoms with E-state index in [1.807, 2.05) is 42.5 Å². The van der Waals surface area contributed by atoms with Crippen molar-refractivity contribution in [3.8, 4) is 0 Å². The van der Waals surface area contributed by atoms with Crippen LogP contribution < -0.4 is 0 Å². The summed E-state index contributed by atoms with van der Waals surface area (Å²) in [7, 11) is 1.41. The molecular weight excluding hydrogens is 336 g/mol. The van der Waals surface area contributed by atoms with Crippen molar-refractivity contribution < 1.29 is 14.3 Å². The first-order valence-electron chi connectivity index (χ1n) is 9.60. The Hall–Kier alpha value is -2.68. The normalized spacial score (nSPS) is 18.4. The van der Waals surface area contributed by atoms with Crippen molar-refractivity contribution >= 4 is 23.9 Å². The SMILES string of the molecule is COC(=O)[C@H](Cc1ccccc1/C=C/c1ccccc1)[C@@H]1CCCCC1=O. The average Bonchev–Trinajstić information content (AvgIpc) is 2.72. The van der Waals surface area contributed by atoms with Crippen LogP contribution in [0, 0.1) is 11.8 Å². The Balaban J connectivity index is 1.85. The molecule has 3 nitrogen and oxygen atoms in total. The maximum Gasteiger partial charge on any atom is 0.309 e. The third-order valence-corrected chi connectivity index (χ3v) is 5.34. The number of hydrogen-bond acceptors (Lipinski definition) is 3. The Kier molecular flexibility index (Phi) is 6.59. The maximum absolute atomic E-state index is 12.5. The van der Waals surface area contributed by atoms with Crippen LogP contribution in [0.1, 0.15) is 42.4 Å². The second kappa shape index (κ2) is 9.31. The molecule has 1 saturated carbocycles. The number of rotatable bonds is 6. The van der Waals surface area contributed by atoms with Crippen molar-refractivity contribution in [3.05, 3.63) is 71.3 Å². The highest BCUT2D eigenvalue weighted by molar-refractivity contribution is 5.87. The van der Waals surface area contributed by atoms with E-state index in [0.29, 0.717) is 12.8 Å². The minimum Gasteiger partial charge on any atom is -0.469 e. The molecule has 0 unspecified atom stereocenters. The van der Waals surface area contributed by atoms with Crippen molar-refractivity contribution in [2.75, 3.05) is 7.11 Å². The van der Waals surface area contributed by atoms with Gasteiger partial charge < -0.3 is 4.74 Å². The van der Waals surface area contributed by atoms with Crippen molar-refractivity contribution in [3.63, 3.8) is 0 Å². The van der Waals surface area contributed by atoms with Gasteiger partial charge >= 0.3 is 5.97 Å². The van der Waals surface area contributed by atoms with Crippen LogP contribution in [0.3, 0.4) is 0 Å². The number of hydrogen-bond donors (Lipinski definition) is 0. The number of ether oxygens (including phenoxy) is 1. The zero-order valence-corrected chi connectivity index (χ0v) is 15.8. The van der Waals surface area contributed by atoms with E-state index in [4.69, 9.17) is 4.74 Å². The summed E-state index contributed by atoms with van der Waals surface area (Å²) >= 11 is 0. The molecule has 2 aromatic carbocycles. The summed E-state index contributed by atoms with van der Waals surface area (Å²) in [6.45, 7) is 0. The van der Waals surface area contributed by atoms with Gasteiger partial charge in [0.15, 0.2) is 0 Å². The summed E-state index contributed by atoms with van der Waals surface area (Å²) in [6, 6.07) is 18.2. The summed E-state index contributed by atoms with van der Waals surface area (Å²) in [6.07, 6.45) is 7.95. The number of Topliss-reactive ketones (excluding diaryl/α,β-unsaturated/α-hetero) is 1. The number of methoxy groups -OCH3 is 1. The van der Waals surface area contributed by atoms with Crippen LogP contribution >= 0.6 is 0 Å². The van der Waals surface area contributed by atoms with Gasteiger partial charge in [-0.1, -0.05) is 73.2 Å². The van der Waals surface area contributed by atoms with Gasteiger partial charge in [-0.05, 0) is 36.0 Å². The fourth-order valence-electron chi connectivity index (χ4n) is 3.85. The van der Waals surface area contributed by atoms with Gasteiger partial charge in [0, 0.05) is 12.3 Å². The number of ketones is 1. The molecule has 0 saturated heterocycles. The summed E-state index contributed by atoms with van der Waals surface area (Å²) < 4.78 is 5.05. The Morgan fingerprint density at radius 2 is 1.81 bits per heavy atom. The van der Waals surface area contributed by atoms with Crippen LogP contribution in [0.5, 0.6) is 0 Å². The van der Waals surface area contributed by atoms with Gasteiger partial charge in [0.1, 0.15) is 5.78 Å². The third kappa shape index (κ3) is 4.94. The van der Waals surface area contributed by atoms with Gasteiger partial charge in [0.2, 0.25) is 0 Å². The molecule has 1 aliphatic carbocycles. The molecule has 2 atom stereocenters. The molecule has 140 valence electrons. The standard InChI is InChI=1S/C24H26O3/c1-27-24(26)22(21-13-7-8-14-23(21)25)17-20-12-6-5-11-19(20)16-15-18-9-3-2-4-10-18/h2-6,9-12,15-16,21-22H,7-8,13-14,17H2,1H3/b16-15+/t21-,22+/m0/s1. The number of esters is 1. The summed E-state index contributed by atoms with van der Waals surface area (Å²) in [5, 5.41) is 0. The van der Waals surface area contributed by atoms with Crippen LogP contribution in [0.4, 0.5) is 0 Å². The Bertz CT molecular complexity index is 807. The van der Waals surface area contributed by atoms with Gasteiger partial charge in [-0.3, -0.25) is 9.59 Å². The smallest absolute Gasteiger partial charge is 0.309 e. The van der Waals surface area contributed by atoms with Gasteiger partial charge in [-0.25, -0.2) is 0 Å². The van der Waals surface area contributed by atoms with E-state index in [0.717, 1.165) is 36.0 Å². The number of carbonyl (C=O) groups excluding carboxylic acids is 2. The molecule has 0 aromatic heterocycles. The maximum atomic E-state index is 12.5. The van der Waals surface area contributed by atoms with Crippen molar-refractivity contribution in [2.24, 2.45) is 11.8 Å². The van der Waals surface area contributed by atoms with Crippen molar-refractivity contribution in [2.45, 2.75) is 32.1 Å². The average molecular weight is 362 g/mol. The van der Waals surface area contributed by atoms with Crippen LogP contribution in [0.2, 0.25) is 0 Å². The highest BCUT2D eigenvalue weighted by atomic mass is 16.5. The van der Waals surface area contributed by atoms with Crippen LogP contribution in [-0.4, -0.2) is 18.9 Å². The molecule has 3 rings (SSSR count). The van der Waals surface area contributed by atoms with Crippen LogP contribution in [0.15, 0.2) is 54.6 Å². The van der Waals surface area contributed by atoms with Gasteiger partial charge in [-0.2, -0.15) is 0 Å². The van der Waals surface area contributed by atoms with Crippen molar-refractivity contribution in [1.82, 2.24) is 0 Å². The molecule has 0 spiro atoms. The third-order valence-electron chi connectivity index (χ3n) is 5.34. The summed E-state index contributed by atoms with van der Waals surface area (Å²) in [5.41, 5.74) is 3.26. The molecule has 0 bridgehead atoms. The minimum absolute atomic E-state index is 0.203. The quantitative estimate of drug-likeness (QED) is 0.539. The lowest BCUT2D eigenvalue weighted by Gasteiger charge is -2.27. The van der Waals surface area contributed by atoms with E-state index in [-0.39, 0.29) is 17.7 Å². The molecule has 0 heterocycles. The van der Waals surface area contributed by atoms with Gasteiger partial charge in [0.25, 0.3) is 0 Å². The molecule has 27 heavy (non-hydrogen) atoms. The Morgan fingerprint density at radius 3 is 2.56 bits per heavy atom. The number of carbonyl (C=O) groups is 2. The zero-order chi connectivity index (χ0) is 19.1. The first kappa shape index (κ1) is 19.1. The van der Waals surface area contributed by atoms with E-state index >= 15 is 0 Å². The first-order valence-corrected chi connectivity index (χ1v) is 9.60. The zero-order valence-electron chi connectivity index (χ0n) is 15.8. The highest BCUT2D eigenvalue weighted by Crippen LogP contribution is 2.31. The predicted octanol–water partition coefficient (Wildman–Crippen LogP) is 4.95. The molecule has 0 amide bonds. The lowest BCUT2D eigenvalue weighted by molar-refractivity contribution is -0.150. The second-order valence-corrected chi connectivity index (χ2v) is 7.10. The molecule has 0 radical (unpaired) electrons. The first-order chi connectivity index (χ1) is 13.2. The Labute approximate surface area is 161 Å². The molecule has 0 N–H and O–H groups in total. The fourth-order valence-corrected chi connectivity index (χ4v) is 3.85. The highest BCUT2D eigenvalue weighted by Gasteiger charge is 2.35. The molecule has 1 aliphatic rings.